The van der Waals surface area contributed by atoms with E-state index in [-0.39, 0.29) is 18.1 Å². The molecule has 0 spiro atoms. The molecule has 0 fully saturated rings. The lowest BCUT2D eigenvalue weighted by atomic mass is 10.2. The maximum Gasteiger partial charge on any atom is 0.258 e. The number of ether oxygens (including phenoxy) is 1. The first-order valence-electron chi connectivity index (χ1n) is 7.51. The molecule has 0 saturated carbocycles. The maximum atomic E-state index is 12.1. The van der Waals surface area contributed by atoms with Gasteiger partial charge in [0.05, 0.1) is 5.69 Å². The van der Waals surface area contributed by atoms with Crippen molar-refractivity contribution in [1.29, 1.82) is 0 Å². The first-order chi connectivity index (χ1) is 11.6. The standard InChI is InChI=1S/C18H17N3O3/c1-12-7-8-21-16(9-12)20-14(10-17(21)22)11-24-15-5-3-13(4-6-15)18(23)19-2/h3-10H,11H2,1-2H3,(H,19,23). The Morgan fingerprint density at radius 2 is 1.96 bits per heavy atom. The van der Waals surface area contributed by atoms with Gasteiger partial charge in [-0.05, 0) is 48.9 Å². The summed E-state index contributed by atoms with van der Waals surface area (Å²) in [6.07, 6.45) is 1.71. The second kappa shape index (κ2) is 6.54. The Hall–Kier alpha value is -3.15. The summed E-state index contributed by atoms with van der Waals surface area (Å²) < 4.78 is 7.15. The van der Waals surface area contributed by atoms with Gasteiger partial charge in [0.25, 0.3) is 11.5 Å². The summed E-state index contributed by atoms with van der Waals surface area (Å²) in [5.74, 6) is 0.454. The average Bonchev–Trinajstić information content (AvgIpc) is 2.59. The fourth-order valence-electron chi connectivity index (χ4n) is 2.33. The molecule has 0 bridgehead atoms. The molecule has 2 aromatic heterocycles. The quantitative estimate of drug-likeness (QED) is 0.796. The monoisotopic (exact) mass is 323 g/mol. The molecular formula is C18H17N3O3. The minimum absolute atomic E-state index is 0.145. The van der Waals surface area contributed by atoms with Crippen LogP contribution in [0.4, 0.5) is 0 Å². The first-order valence-corrected chi connectivity index (χ1v) is 7.51. The van der Waals surface area contributed by atoms with Crippen molar-refractivity contribution < 1.29 is 9.53 Å². The number of benzene rings is 1. The number of nitrogens with one attached hydrogen (secondary N) is 1. The van der Waals surface area contributed by atoms with Gasteiger partial charge in [-0.3, -0.25) is 14.0 Å². The van der Waals surface area contributed by atoms with Crippen molar-refractivity contribution in [3.05, 3.63) is 75.8 Å². The molecule has 0 atom stereocenters. The summed E-state index contributed by atoms with van der Waals surface area (Å²) in [5.41, 5.74) is 2.60. The number of fused-ring (bicyclic) bond motifs is 1. The lowest BCUT2D eigenvalue weighted by molar-refractivity contribution is 0.0963. The van der Waals surface area contributed by atoms with Gasteiger partial charge in [0, 0.05) is 24.9 Å². The fourth-order valence-corrected chi connectivity index (χ4v) is 2.33. The van der Waals surface area contributed by atoms with E-state index in [2.05, 4.69) is 10.3 Å². The zero-order valence-corrected chi connectivity index (χ0v) is 13.4. The van der Waals surface area contributed by atoms with Crippen LogP contribution in [0.3, 0.4) is 0 Å². The fraction of sp³-hybridized carbons (Fsp3) is 0.167. The van der Waals surface area contributed by atoms with Crippen LogP contribution in [0, 0.1) is 6.92 Å². The van der Waals surface area contributed by atoms with E-state index in [1.807, 2.05) is 19.1 Å². The number of aromatic nitrogens is 2. The molecule has 1 N–H and O–H groups in total. The lowest BCUT2D eigenvalue weighted by Crippen LogP contribution is -2.17. The van der Waals surface area contributed by atoms with Crippen molar-refractivity contribution in [2.75, 3.05) is 7.05 Å². The predicted octanol–water partition coefficient (Wildman–Crippen LogP) is 1.94. The maximum absolute atomic E-state index is 12.1. The highest BCUT2D eigenvalue weighted by Crippen LogP contribution is 2.14. The van der Waals surface area contributed by atoms with Crippen molar-refractivity contribution in [1.82, 2.24) is 14.7 Å². The smallest absolute Gasteiger partial charge is 0.258 e. The van der Waals surface area contributed by atoms with Crippen LogP contribution in [0.1, 0.15) is 21.6 Å². The zero-order valence-electron chi connectivity index (χ0n) is 13.4. The third kappa shape index (κ3) is 3.27. The van der Waals surface area contributed by atoms with E-state index in [0.29, 0.717) is 22.7 Å². The van der Waals surface area contributed by atoms with Crippen LogP contribution >= 0.6 is 0 Å². The first kappa shape index (κ1) is 15.7. The molecule has 0 aliphatic heterocycles. The number of aryl methyl sites for hydroxylation is 1. The summed E-state index contributed by atoms with van der Waals surface area (Å²) >= 11 is 0. The van der Waals surface area contributed by atoms with Gasteiger partial charge >= 0.3 is 0 Å². The normalized spacial score (nSPS) is 10.6. The third-order valence-corrected chi connectivity index (χ3v) is 3.61. The number of hydrogen-bond donors (Lipinski definition) is 1. The van der Waals surface area contributed by atoms with Crippen LogP contribution in [-0.4, -0.2) is 22.3 Å². The average molecular weight is 323 g/mol. The highest BCUT2D eigenvalue weighted by Gasteiger charge is 2.05. The highest BCUT2D eigenvalue weighted by atomic mass is 16.5. The van der Waals surface area contributed by atoms with Gasteiger partial charge < -0.3 is 10.1 Å². The van der Waals surface area contributed by atoms with Crippen molar-refractivity contribution in [2.45, 2.75) is 13.5 Å². The van der Waals surface area contributed by atoms with Crippen LogP contribution in [0.25, 0.3) is 5.65 Å². The molecule has 1 amide bonds. The van der Waals surface area contributed by atoms with Crippen molar-refractivity contribution in [3.8, 4) is 5.75 Å². The van der Waals surface area contributed by atoms with E-state index in [1.165, 1.54) is 10.5 Å². The molecule has 24 heavy (non-hydrogen) atoms. The Kier molecular flexibility index (Phi) is 4.29. The number of rotatable bonds is 4. The molecule has 3 rings (SSSR count). The second-order valence-electron chi connectivity index (χ2n) is 5.41. The van der Waals surface area contributed by atoms with Crippen molar-refractivity contribution in [2.24, 2.45) is 0 Å². The summed E-state index contributed by atoms with van der Waals surface area (Å²) in [7, 11) is 1.58. The van der Waals surface area contributed by atoms with E-state index < -0.39 is 0 Å². The molecular weight excluding hydrogens is 306 g/mol. The van der Waals surface area contributed by atoms with E-state index in [4.69, 9.17) is 4.74 Å². The van der Waals surface area contributed by atoms with Gasteiger partial charge in [-0.1, -0.05) is 0 Å². The molecule has 3 aromatic rings. The Balaban J connectivity index is 1.78. The van der Waals surface area contributed by atoms with Crippen LogP contribution in [0.2, 0.25) is 0 Å². The molecule has 6 nitrogen and oxygen atoms in total. The van der Waals surface area contributed by atoms with Crippen LogP contribution in [0.5, 0.6) is 5.75 Å². The van der Waals surface area contributed by atoms with Gasteiger partial charge in [0.15, 0.2) is 0 Å². The number of nitrogens with zero attached hydrogens (tertiary/aromatic N) is 2. The Bertz CT molecular complexity index is 946. The van der Waals surface area contributed by atoms with Crippen LogP contribution in [-0.2, 0) is 6.61 Å². The molecule has 0 aliphatic rings. The summed E-state index contributed by atoms with van der Waals surface area (Å²) in [4.78, 5) is 28.0. The van der Waals surface area contributed by atoms with Crippen molar-refractivity contribution >= 4 is 11.6 Å². The minimum atomic E-state index is -0.152. The minimum Gasteiger partial charge on any atom is -0.487 e. The largest absolute Gasteiger partial charge is 0.487 e. The van der Waals surface area contributed by atoms with Gasteiger partial charge in [-0.25, -0.2) is 4.98 Å². The van der Waals surface area contributed by atoms with Gasteiger partial charge in [0.1, 0.15) is 18.0 Å². The molecule has 1 aromatic carbocycles. The number of hydrogen-bond acceptors (Lipinski definition) is 4. The Morgan fingerprint density at radius 3 is 2.67 bits per heavy atom. The van der Waals surface area contributed by atoms with Crippen LogP contribution < -0.4 is 15.6 Å². The molecule has 0 radical (unpaired) electrons. The summed E-state index contributed by atoms with van der Waals surface area (Å²) in [6, 6.07) is 12.0. The molecule has 2 heterocycles. The summed E-state index contributed by atoms with van der Waals surface area (Å²) in [5, 5.41) is 2.56. The number of carbonyl (C=O) groups is 1. The van der Waals surface area contributed by atoms with E-state index >= 15 is 0 Å². The predicted molar refractivity (Wildman–Crippen MR) is 90.4 cm³/mol. The Morgan fingerprint density at radius 1 is 1.21 bits per heavy atom. The SMILES string of the molecule is CNC(=O)c1ccc(OCc2cc(=O)n3ccc(C)cc3n2)cc1. The molecule has 122 valence electrons. The molecule has 0 saturated heterocycles. The van der Waals surface area contributed by atoms with E-state index in [9.17, 15) is 9.59 Å². The second-order valence-corrected chi connectivity index (χ2v) is 5.41. The van der Waals surface area contributed by atoms with Gasteiger partial charge in [0.2, 0.25) is 0 Å². The number of amides is 1. The van der Waals surface area contributed by atoms with E-state index in [1.54, 1.807) is 37.5 Å². The Labute approximate surface area is 138 Å². The number of pyridine rings is 1. The molecule has 6 heteroatoms. The van der Waals surface area contributed by atoms with E-state index in [0.717, 1.165) is 5.56 Å². The van der Waals surface area contributed by atoms with Crippen molar-refractivity contribution in [3.63, 3.8) is 0 Å². The topological polar surface area (TPSA) is 72.7 Å². The molecule has 0 unspecified atom stereocenters. The summed E-state index contributed by atoms with van der Waals surface area (Å²) in [6.45, 7) is 2.13. The lowest BCUT2D eigenvalue weighted by Gasteiger charge is -2.08. The highest BCUT2D eigenvalue weighted by molar-refractivity contribution is 5.94. The number of carbonyl (C=O) groups excluding carboxylic acids is 1. The molecule has 0 aliphatic carbocycles. The van der Waals surface area contributed by atoms with Gasteiger partial charge in [-0.15, -0.1) is 0 Å². The van der Waals surface area contributed by atoms with Crippen LogP contribution in [0.15, 0.2) is 53.5 Å². The third-order valence-electron chi connectivity index (χ3n) is 3.61. The zero-order chi connectivity index (χ0) is 17.1. The van der Waals surface area contributed by atoms with Gasteiger partial charge in [-0.2, -0.15) is 0 Å².